The van der Waals surface area contributed by atoms with Crippen molar-refractivity contribution in [3.05, 3.63) is 40.8 Å². The molecule has 1 amide bonds. The molecule has 0 fully saturated rings. The van der Waals surface area contributed by atoms with Crippen molar-refractivity contribution in [2.75, 3.05) is 5.75 Å². The number of nitrogens with zero attached hydrogens (tertiary/aromatic N) is 4. The second kappa shape index (κ2) is 6.61. The molecule has 4 aromatic rings. The fraction of sp³-hybridized carbons (Fsp3) is 0.263. The number of amides is 1. The third-order valence-corrected chi connectivity index (χ3v) is 6.94. The van der Waals surface area contributed by atoms with Crippen LogP contribution in [0.4, 0.5) is 0 Å². The van der Waals surface area contributed by atoms with E-state index in [4.69, 9.17) is 10.7 Å². The smallest absolute Gasteiger partial charge is 0.227 e. The average molecular weight is 396 g/mol. The molecule has 0 saturated heterocycles. The van der Waals surface area contributed by atoms with Crippen LogP contribution in [0.15, 0.2) is 35.5 Å². The molecule has 27 heavy (non-hydrogen) atoms. The summed E-state index contributed by atoms with van der Waals surface area (Å²) in [6, 6.07) is 10.0. The molecule has 0 aliphatic heterocycles. The minimum absolute atomic E-state index is 0.162. The first-order valence-corrected chi connectivity index (χ1v) is 10.7. The number of hydrogen-bond acceptors (Lipinski definition) is 6. The summed E-state index contributed by atoms with van der Waals surface area (Å²) in [6.07, 6.45) is 4.60. The van der Waals surface area contributed by atoms with Crippen molar-refractivity contribution in [1.82, 2.24) is 19.6 Å². The van der Waals surface area contributed by atoms with Gasteiger partial charge in [-0.15, -0.1) is 21.5 Å². The molecule has 5 rings (SSSR count). The van der Waals surface area contributed by atoms with Crippen LogP contribution in [0, 0.1) is 0 Å². The molecule has 0 spiro atoms. The Labute approximate surface area is 163 Å². The minimum Gasteiger partial charge on any atom is -0.369 e. The maximum Gasteiger partial charge on any atom is 0.227 e. The highest BCUT2D eigenvalue weighted by molar-refractivity contribution is 7.99. The van der Waals surface area contributed by atoms with E-state index >= 15 is 0 Å². The molecule has 0 unspecified atom stereocenters. The first-order chi connectivity index (χ1) is 13.2. The normalized spacial score (nSPS) is 13.9. The highest BCUT2D eigenvalue weighted by atomic mass is 32.2. The number of carbonyl (C=O) groups excluding carboxylic acids is 1. The maximum absolute atomic E-state index is 11.3. The van der Waals surface area contributed by atoms with Gasteiger partial charge in [-0.25, -0.2) is 4.98 Å². The molecule has 2 N–H and O–H groups in total. The van der Waals surface area contributed by atoms with Crippen molar-refractivity contribution in [2.24, 2.45) is 5.73 Å². The Hall–Kier alpha value is -2.45. The lowest BCUT2D eigenvalue weighted by atomic mass is 9.97. The molecule has 0 radical (unpaired) electrons. The van der Waals surface area contributed by atoms with Crippen LogP contribution in [-0.2, 0) is 17.6 Å². The second-order valence-corrected chi connectivity index (χ2v) is 8.62. The number of primary amides is 1. The van der Waals surface area contributed by atoms with Crippen LogP contribution in [0.25, 0.3) is 27.3 Å². The first-order valence-electron chi connectivity index (χ1n) is 8.88. The molecular weight excluding hydrogens is 378 g/mol. The molecule has 6 nitrogen and oxygen atoms in total. The van der Waals surface area contributed by atoms with Crippen LogP contribution in [-0.4, -0.2) is 31.2 Å². The van der Waals surface area contributed by atoms with E-state index in [0.717, 1.165) is 40.1 Å². The molecule has 3 heterocycles. The lowest BCUT2D eigenvalue weighted by Crippen LogP contribution is -2.13. The van der Waals surface area contributed by atoms with E-state index in [1.807, 2.05) is 34.7 Å². The number of fused-ring (bicyclic) bond motifs is 5. The van der Waals surface area contributed by atoms with Gasteiger partial charge < -0.3 is 5.73 Å². The summed E-state index contributed by atoms with van der Waals surface area (Å²) in [4.78, 5) is 18.7. The zero-order valence-electron chi connectivity index (χ0n) is 14.5. The van der Waals surface area contributed by atoms with E-state index in [-0.39, 0.29) is 11.7 Å². The van der Waals surface area contributed by atoms with Crippen molar-refractivity contribution in [3.8, 4) is 11.4 Å². The number of rotatable bonds is 4. The average Bonchev–Trinajstić information content (AvgIpc) is 3.27. The Kier molecular flexibility index (Phi) is 4.09. The highest BCUT2D eigenvalue weighted by Gasteiger charge is 2.24. The highest BCUT2D eigenvalue weighted by Crippen LogP contribution is 2.39. The molecule has 136 valence electrons. The molecule has 0 saturated carbocycles. The quantitative estimate of drug-likeness (QED) is 0.535. The molecule has 1 aliphatic rings. The van der Waals surface area contributed by atoms with E-state index in [9.17, 15) is 4.79 Å². The SMILES string of the molecule is NC(=O)CSc1nnc2c3c4c(sc3nc(-c3ccccc3)n12)CCCC4. The summed E-state index contributed by atoms with van der Waals surface area (Å²) in [5.74, 6) is 0.586. The lowest BCUT2D eigenvalue weighted by molar-refractivity contribution is -0.115. The van der Waals surface area contributed by atoms with Gasteiger partial charge in [-0.3, -0.25) is 9.20 Å². The van der Waals surface area contributed by atoms with Gasteiger partial charge in [0.25, 0.3) is 0 Å². The number of hydrogen-bond donors (Lipinski definition) is 1. The van der Waals surface area contributed by atoms with Gasteiger partial charge in [0.15, 0.2) is 10.8 Å². The minimum atomic E-state index is -0.375. The molecule has 8 heteroatoms. The molecule has 1 aliphatic carbocycles. The van der Waals surface area contributed by atoms with Crippen LogP contribution in [0.5, 0.6) is 0 Å². The molecule has 3 aromatic heterocycles. The lowest BCUT2D eigenvalue weighted by Gasteiger charge is -2.11. The standard InChI is InChI=1S/C19H17N5OS2/c20-14(25)10-26-19-23-22-17-15-12-8-4-5-9-13(12)27-18(15)21-16(24(17)19)11-6-2-1-3-7-11/h1-3,6-7H,4-5,8-10H2,(H2,20,25). The second-order valence-electron chi connectivity index (χ2n) is 6.59. The Morgan fingerprint density at radius 3 is 2.81 bits per heavy atom. The van der Waals surface area contributed by atoms with Gasteiger partial charge in [0.1, 0.15) is 10.7 Å². The maximum atomic E-state index is 11.3. The fourth-order valence-electron chi connectivity index (χ4n) is 3.64. The third-order valence-electron chi connectivity index (χ3n) is 4.80. The molecule has 0 atom stereocenters. The van der Waals surface area contributed by atoms with E-state index in [1.165, 1.54) is 35.0 Å². The zero-order chi connectivity index (χ0) is 18.4. The topological polar surface area (TPSA) is 86.2 Å². The number of nitrogens with two attached hydrogens (primary N) is 1. The van der Waals surface area contributed by atoms with E-state index in [0.29, 0.717) is 5.16 Å². The predicted octanol–water partition coefficient (Wildman–Crippen LogP) is 3.46. The van der Waals surface area contributed by atoms with Crippen molar-refractivity contribution in [2.45, 2.75) is 30.8 Å². The summed E-state index contributed by atoms with van der Waals surface area (Å²) in [5.41, 5.74) is 8.53. The monoisotopic (exact) mass is 395 g/mol. The Morgan fingerprint density at radius 1 is 1.19 bits per heavy atom. The summed E-state index contributed by atoms with van der Waals surface area (Å²) in [6.45, 7) is 0. The van der Waals surface area contributed by atoms with Gasteiger partial charge in [0, 0.05) is 10.4 Å². The van der Waals surface area contributed by atoms with Gasteiger partial charge >= 0.3 is 0 Å². The van der Waals surface area contributed by atoms with Gasteiger partial charge in [0.2, 0.25) is 5.91 Å². The molecule has 1 aromatic carbocycles. The Morgan fingerprint density at radius 2 is 2.00 bits per heavy atom. The summed E-state index contributed by atoms with van der Waals surface area (Å²) < 4.78 is 1.98. The Balaban J connectivity index is 1.82. The zero-order valence-corrected chi connectivity index (χ0v) is 16.1. The van der Waals surface area contributed by atoms with Gasteiger partial charge in [-0.1, -0.05) is 42.1 Å². The van der Waals surface area contributed by atoms with Crippen molar-refractivity contribution in [1.29, 1.82) is 0 Å². The van der Waals surface area contributed by atoms with E-state index in [1.54, 1.807) is 11.3 Å². The van der Waals surface area contributed by atoms with Crippen LogP contribution < -0.4 is 5.73 Å². The number of thioether (sulfide) groups is 1. The van der Waals surface area contributed by atoms with E-state index in [2.05, 4.69) is 10.2 Å². The summed E-state index contributed by atoms with van der Waals surface area (Å²) in [7, 11) is 0. The van der Waals surface area contributed by atoms with Crippen LogP contribution in [0.2, 0.25) is 0 Å². The van der Waals surface area contributed by atoms with Crippen molar-refractivity contribution >= 4 is 44.9 Å². The number of benzene rings is 1. The van der Waals surface area contributed by atoms with Crippen LogP contribution in [0.3, 0.4) is 0 Å². The fourth-order valence-corrected chi connectivity index (χ4v) is 5.57. The third kappa shape index (κ3) is 2.80. The Bertz CT molecular complexity index is 1170. The van der Waals surface area contributed by atoms with E-state index < -0.39 is 0 Å². The van der Waals surface area contributed by atoms with Gasteiger partial charge in [-0.2, -0.15) is 0 Å². The first kappa shape index (κ1) is 16.7. The largest absolute Gasteiger partial charge is 0.369 e. The molecular formula is C19H17N5OS2. The van der Waals surface area contributed by atoms with Gasteiger partial charge in [0.05, 0.1) is 11.1 Å². The number of aromatic nitrogens is 4. The molecule has 0 bridgehead atoms. The van der Waals surface area contributed by atoms with Crippen molar-refractivity contribution in [3.63, 3.8) is 0 Å². The summed E-state index contributed by atoms with van der Waals surface area (Å²) in [5, 5.41) is 10.6. The number of aryl methyl sites for hydroxylation is 2. The van der Waals surface area contributed by atoms with Crippen LogP contribution >= 0.6 is 23.1 Å². The van der Waals surface area contributed by atoms with Crippen LogP contribution in [0.1, 0.15) is 23.3 Å². The summed E-state index contributed by atoms with van der Waals surface area (Å²) >= 11 is 3.08. The number of thiophene rings is 1. The predicted molar refractivity (Wildman–Crippen MR) is 108 cm³/mol. The number of carbonyl (C=O) groups is 1. The van der Waals surface area contributed by atoms with Crippen molar-refractivity contribution < 1.29 is 4.79 Å². The van der Waals surface area contributed by atoms with Gasteiger partial charge in [-0.05, 0) is 31.2 Å².